The molecule has 3 N–H and O–H groups in total. The van der Waals surface area contributed by atoms with Crippen molar-refractivity contribution in [3.8, 4) is 0 Å². The summed E-state index contributed by atoms with van der Waals surface area (Å²) in [4.78, 5) is 4.10. The predicted molar refractivity (Wildman–Crippen MR) is 75.5 cm³/mol. The largest absolute Gasteiger partial charge is 0.387 e. The van der Waals surface area contributed by atoms with E-state index in [0.29, 0.717) is 6.42 Å². The van der Waals surface area contributed by atoms with Crippen LogP contribution in [0.5, 0.6) is 0 Å². The molecule has 7 heteroatoms. The van der Waals surface area contributed by atoms with Crippen LogP contribution in [0.2, 0.25) is 0 Å². The van der Waals surface area contributed by atoms with E-state index in [1.54, 1.807) is 32.2 Å². The highest BCUT2D eigenvalue weighted by Gasteiger charge is 2.25. The molecule has 0 aliphatic carbocycles. The summed E-state index contributed by atoms with van der Waals surface area (Å²) < 4.78 is 25.7. The molecule has 0 aliphatic heterocycles. The van der Waals surface area contributed by atoms with E-state index >= 15 is 0 Å². The van der Waals surface area contributed by atoms with Crippen molar-refractivity contribution in [2.75, 3.05) is 12.3 Å². The molecule has 6 nitrogen and oxygen atoms in total. The lowest BCUT2D eigenvalue weighted by Crippen LogP contribution is -2.43. The Morgan fingerprint density at radius 3 is 2.63 bits per heavy atom. The Labute approximate surface area is 114 Å². The molecular formula is C12H20N4O2S. The number of hydrogen-bond acceptors (Lipinski definition) is 4. The lowest BCUT2D eigenvalue weighted by molar-refractivity contribution is 0.389. The number of pyridine rings is 1. The monoisotopic (exact) mass is 284 g/mol. The third kappa shape index (κ3) is 4.96. The molecule has 106 valence electrons. The second-order valence-corrected chi connectivity index (χ2v) is 6.59. The van der Waals surface area contributed by atoms with Crippen LogP contribution in [0.3, 0.4) is 0 Å². The molecule has 0 radical (unpaired) electrons. The Balaban J connectivity index is 2.75. The Morgan fingerprint density at radius 1 is 1.47 bits per heavy atom. The van der Waals surface area contributed by atoms with Gasteiger partial charge in [0.15, 0.2) is 0 Å². The number of nitrogens with two attached hydrogens (primary N) is 1. The maximum atomic E-state index is 12.2. The fraction of sp³-hybridized carbons (Fsp3) is 0.500. The maximum Gasteiger partial charge on any atom is 0.215 e. The highest BCUT2D eigenvalue weighted by atomic mass is 32.2. The van der Waals surface area contributed by atoms with E-state index in [1.165, 1.54) is 4.31 Å². The molecule has 1 aromatic heterocycles. The number of rotatable bonds is 7. The summed E-state index contributed by atoms with van der Waals surface area (Å²) in [7, 11) is -3.44. The van der Waals surface area contributed by atoms with E-state index in [1.807, 2.05) is 6.07 Å². The minimum Gasteiger partial charge on any atom is -0.387 e. The number of nitrogens with one attached hydrogen (secondary N) is 1. The molecule has 0 aliphatic rings. The van der Waals surface area contributed by atoms with Gasteiger partial charge in [0.25, 0.3) is 0 Å². The van der Waals surface area contributed by atoms with Crippen LogP contribution in [-0.4, -0.2) is 41.9 Å². The van der Waals surface area contributed by atoms with Gasteiger partial charge in [0.1, 0.15) is 5.84 Å². The van der Waals surface area contributed by atoms with Gasteiger partial charge in [-0.2, -0.15) is 4.31 Å². The third-order valence-corrected chi connectivity index (χ3v) is 4.59. The third-order valence-electron chi connectivity index (χ3n) is 2.60. The van der Waals surface area contributed by atoms with Crippen LogP contribution in [-0.2, 0) is 16.4 Å². The zero-order valence-corrected chi connectivity index (χ0v) is 12.0. The highest BCUT2D eigenvalue weighted by molar-refractivity contribution is 7.89. The normalized spacial score (nSPS) is 12.0. The molecule has 0 atom stereocenters. The van der Waals surface area contributed by atoms with Gasteiger partial charge in [0.05, 0.1) is 12.3 Å². The standard InChI is InChI=1S/C12H20N4O2S/c1-10(2)16(9-12(13)14)19(17,18)8-6-11-5-3-4-7-15-11/h3-5,7,10H,6,8-9H2,1-2H3,(H3,13,14). The molecule has 1 aromatic rings. The molecule has 1 heterocycles. The molecule has 0 fully saturated rings. The summed E-state index contributed by atoms with van der Waals surface area (Å²) in [5.74, 6) is -0.190. The summed E-state index contributed by atoms with van der Waals surface area (Å²) in [6.07, 6.45) is 1.99. The van der Waals surface area contributed by atoms with E-state index in [2.05, 4.69) is 4.98 Å². The Hall–Kier alpha value is -1.47. The van der Waals surface area contributed by atoms with E-state index in [4.69, 9.17) is 11.1 Å². The van der Waals surface area contributed by atoms with Gasteiger partial charge >= 0.3 is 0 Å². The molecular weight excluding hydrogens is 264 g/mol. The van der Waals surface area contributed by atoms with Crippen LogP contribution in [0.25, 0.3) is 0 Å². The van der Waals surface area contributed by atoms with Gasteiger partial charge in [0, 0.05) is 24.4 Å². The quantitative estimate of drug-likeness (QED) is 0.565. The van der Waals surface area contributed by atoms with Crippen molar-refractivity contribution < 1.29 is 8.42 Å². The summed E-state index contributed by atoms with van der Waals surface area (Å²) in [6.45, 7) is 3.46. The first kappa shape index (κ1) is 15.6. The van der Waals surface area contributed by atoms with Gasteiger partial charge in [-0.05, 0) is 26.0 Å². The number of amidine groups is 1. The maximum absolute atomic E-state index is 12.2. The summed E-state index contributed by atoms with van der Waals surface area (Å²) in [6, 6.07) is 5.18. The second-order valence-electron chi connectivity index (χ2n) is 4.55. The number of aryl methyl sites for hydroxylation is 1. The van der Waals surface area contributed by atoms with E-state index in [9.17, 15) is 8.42 Å². The van der Waals surface area contributed by atoms with Gasteiger partial charge in [-0.1, -0.05) is 6.07 Å². The van der Waals surface area contributed by atoms with Crippen LogP contribution < -0.4 is 5.73 Å². The lowest BCUT2D eigenvalue weighted by atomic mass is 10.3. The fourth-order valence-electron chi connectivity index (χ4n) is 1.67. The smallest absolute Gasteiger partial charge is 0.215 e. The summed E-state index contributed by atoms with van der Waals surface area (Å²) in [5, 5.41) is 7.25. The molecule has 19 heavy (non-hydrogen) atoms. The average Bonchev–Trinajstić information content (AvgIpc) is 2.34. The van der Waals surface area contributed by atoms with Gasteiger partial charge in [-0.3, -0.25) is 10.4 Å². The first-order valence-corrected chi connectivity index (χ1v) is 7.66. The van der Waals surface area contributed by atoms with Gasteiger partial charge < -0.3 is 5.73 Å². The molecule has 1 rings (SSSR count). The predicted octanol–water partition coefficient (Wildman–Crippen LogP) is 0.600. The van der Waals surface area contributed by atoms with E-state index in [0.717, 1.165) is 5.69 Å². The molecule has 0 aromatic carbocycles. The van der Waals surface area contributed by atoms with Crippen LogP contribution >= 0.6 is 0 Å². The number of hydrogen-bond donors (Lipinski definition) is 2. The first-order chi connectivity index (χ1) is 8.83. The molecule has 0 spiro atoms. The summed E-state index contributed by atoms with van der Waals surface area (Å²) in [5.41, 5.74) is 6.03. The van der Waals surface area contributed by atoms with Crippen LogP contribution in [0.4, 0.5) is 0 Å². The topological polar surface area (TPSA) is 100 Å². The SMILES string of the molecule is CC(C)N(CC(=N)N)S(=O)(=O)CCc1ccccn1. The first-order valence-electron chi connectivity index (χ1n) is 6.05. The van der Waals surface area contributed by atoms with Crippen molar-refractivity contribution in [1.82, 2.24) is 9.29 Å². The zero-order valence-electron chi connectivity index (χ0n) is 11.2. The second kappa shape index (κ2) is 6.63. The lowest BCUT2D eigenvalue weighted by Gasteiger charge is -2.25. The van der Waals surface area contributed by atoms with Crippen LogP contribution in [0, 0.1) is 5.41 Å². The van der Waals surface area contributed by atoms with Crippen molar-refractivity contribution >= 4 is 15.9 Å². The van der Waals surface area contributed by atoms with E-state index in [-0.39, 0.29) is 24.2 Å². The number of sulfonamides is 1. The Bertz CT molecular complexity index is 514. The van der Waals surface area contributed by atoms with Gasteiger partial charge in [-0.15, -0.1) is 0 Å². The summed E-state index contributed by atoms with van der Waals surface area (Å²) >= 11 is 0. The van der Waals surface area contributed by atoms with Crippen molar-refractivity contribution in [1.29, 1.82) is 5.41 Å². The molecule has 0 saturated carbocycles. The average molecular weight is 284 g/mol. The zero-order chi connectivity index (χ0) is 14.5. The van der Waals surface area contributed by atoms with Crippen LogP contribution in [0.15, 0.2) is 24.4 Å². The van der Waals surface area contributed by atoms with Crippen molar-refractivity contribution in [2.45, 2.75) is 26.3 Å². The van der Waals surface area contributed by atoms with Gasteiger partial charge in [-0.25, -0.2) is 8.42 Å². The minimum atomic E-state index is -3.44. The highest BCUT2D eigenvalue weighted by Crippen LogP contribution is 2.09. The van der Waals surface area contributed by atoms with Gasteiger partial charge in [0.2, 0.25) is 10.0 Å². The van der Waals surface area contributed by atoms with Crippen molar-refractivity contribution in [3.05, 3.63) is 30.1 Å². The number of aromatic nitrogens is 1. The van der Waals surface area contributed by atoms with Crippen LogP contribution in [0.1, 0.15) is 19.5 Å². The number of nitrogens with zero attached hydrogens (tertiary/aromatic N) is 2. The molecule has 0 bridgehead atoms. The van der Waals surface area contributed by atoms with Crippen molar-refractivity contribution in [2.24, 2.45) is 5.73 Å². The minimum absolute atomic E-state index is 0.0323. The van der Waals surface area contributed by atoms with Crippen molar-refractivity contribution in [3.63, 3.8) is 0 Å². The molecule has 0 unspecified atom stereocenters. The van der Waals surface area contributed by atoms with E-state index < -0.39 is 10.0 Å². The fourth-order valence-corrected chi connectivity index (χ4v) is 3.35. The molecule has 0 amide bonds. The Morgan fingerprint density at radius 2 is 2.16 bits per heavy atom. The molecule has 0 saturated heterocycles. The Kier molecular flexibility index (Phi) is 5.44.